The van der Waals surface area contributed by atoms with Crippen molar-refractivity contribution in [2.75, 3.05) is 16.2 Å². The van der Waals surface area contributed by atoms with Gasteiger partial charge in [-0.3, -0.25) is 9.10 Å². The number of carbonyl (C=O) groups excluding carboxylic acids is 1. The first-order valence-electron chi connectivity index (χ1n) is 9.61. The monoisotopic (exact) mass is 462 g/mol. The first-order valence-corrected chi connectivity index (χ1v) is 11.1. The SMILES string of the molecule is Cc1cccc(NC(=O)CN(c2cccc(C(F)(F)F)c2)S(=O)(=O)c2ccccc2)c1C. The molecule has 0 unspecified atom stereocenters. The number of alkyl halides is 3. The summed E-state index contributed by atoms with van der Waals surface area (Å²) in [7, 11) is -4.32. The van der Waals surface area contributed by atoms with Crippen LogP contribution in [-0.2, 0) is 21.0 Å². The van der Waals surface area contributed by atoms with E-state index in [4.69, 9.17) is 0 Å². The molecule has 0 fully saturated rings. The number of halogens is 3. The smallest absolute Gasteiger partial charge is 0.324 e. The summed E-state index contributed by atoms with van der Waals surface area (Å²) in [5.74, 6) is -0.685. The molecule has 0 heterocycles. The van der Waals surface area contributed by atoms with Gasteiger partial charge in [-0.1, -0.05) is 36.4 Å². The van der Waals surface area contributed by atoms with Crippen LogP contribution < -0.4 is 9.62 Å². The fraction of sp³-hybridized carbons (Fsp3) is 0.174. The fourth-order valence-corrected chi connectivity index (χ4v) is 4.51. The Labute approximate surface area is 184 Å². The highest BCUT2D eigenvalue weighted by atomic mass is 32.2. The third-order valence-electron chi connectivity index (χ3n) is 4.96. The molecule has 3 rings (SSSR count). The molecule has 0 atom stereocenters. The second kappa shape index (κ2) is 9.04. The molecular weight excluding hydrogens is 441 g/mol. The normalized spacial score (nSPS) is 11.8. The van der Waals surface area contributed by atoms with E-state index in [-0.39, 0.29) is 10.6 Å². The van der Waals surface area contributed by atoms with E-state index in [0.717, 1.165) is 23.3 Å². The summed E-state index contributed by atoms with van der Waals surface area (Å²) in [5, 5.41) is 2.65. The van der Waals surface area contributed by atoms with Gasteiger partial charge in [0.15, 0.2) is 0 Å². The number of sulfonamides is 1. The molecule has 0 aromatic heterocycles. The molecule has 3 aromatic rings. The van der Waals surface area contributed by atoms with E-state index in [1.165, 1.54) is 30.3 Å². The van der Waals surface area contributed by atoms with E-state index < -0.39 is 34.2 Å². The molecule has 0 aliphatic rings. The number of anilines is 2. The number of hydrogen-bond donors (Lipinski definition) is 1. The van der Waals surface area contributed by atoms with Crippen molar-refractivity contribution in [3.05, 3.63) is 89.5 Å². The number of hydrogen-bond acceptors (Lipinski definition) is 3. The molecule has 5 nitrogen and oxygen atoms in total. The third kappa shape index (κ3) is 5.11. The van der Waals surface area contributed by atoms with E-state index in [1.54, 1.807) is 25.1 Å². The summed E-state index contributed by atoms with van der Waals surface area (Å²) in [6.45, 7) is 2.96. The Hall–Kier alpha value is -3.33. The number of carbonyl (C=O) groups is 1. The lowest BCUT2D eigenvalue weighted by Gasteiger charge is -2.25. The zero-order valence-corrected chi connectivity index (χ0v) is 18.2. The van der Waals surface area contributed by atoms with Crippen molar-refractivity contribution in [2.45, 2.75) is 24.9 Å². The van der Waals surface area contributed by atoms with Crippen LogP contribution in [0, 0.1) is 13.8 Å². The molecule has 0 saturated heterocycles. The van der Waals surface area contributed by atoms with Crippen LogP contribution in [0.3, 0.4) is 0 Å². The highest BCUT2D eigenvalue weighted by Crippen LogP contribution is 2.33. The van der Waals surface area contributed by atoms with Crippen molar-refractivity contribution >= 4 is 27.3 Å². The minimum absolute atomic E-state index is 0.142. The molecule has 0 bridgehead atoms. The number of amides is 1. The van der Waals surface area contributed by atoms with Gasteiger partial charge >= 0.3 is 6.18 Å². The maximum absolute atomic E-state index is 13.3. The predicted octanol–water partition coefficient (Wildman–Crippen LogP) is 5.16. The van der Waals surface area contributed by atoms with E-state index in [1.807, 2.05) is 13.0 Å². The quantitative estimate of drug-likeness (QED) is 0.551. The Morgan fingerprint density at radius 1 is 0.938 bits per heavy atom. The molecule has 0 radical (unpaired) electrons. The van der Waals surface area contributed by atoms with Gasteiger partial charge in [-0.15, -0.1) is 0 Å². The van der Waals surface area contributed by atoms with Gasteiger partial charge in [-0.2, -0.15) is 13.2 Å². The fourth-order valence-electron chi connectivity index (χ4n) is 3.08. The number of rotatable bonds is 6. The van der Waals surface area contributed by atoms with Gasteiger partial charge < -0.3 is 5.32 Å². The van der Waals surface area contributed by atoms with Crippen molar-refractivity contribution in [3.63, 3.8) is 0 Å². The van der Waals surface area contributed by atoms with Crippen molar-refractivity contribution < 1.29 is 26.4 Å². The lowest BCUT2D eigenvalue weighted by atomic mass is 10.1. The second-order valence-corrected chi connectivity index (χ2v) is 9.03. The number of benzene rings is 3. The Morgan fingerprint density at radius 2 is 1.59 bits per heavy atom. The number of aryl methyl sites for hydroxylation is 1. The molecule has 0 spiro atoms. The predicted molar refractivity (Wildman–Crippen MR) is 117 cm³/mol. The maximum atomic E-state index is 13.3. The Kier molecular flexibility index (Phi) is 6.59. The van der Waals surface area contributed by atoms with Crippen molar-refractivity contribution in [3.8, 4) is 0 Å². The third-order valence-corrected chi connectivity index (χ3v) is 6.75. The van der Waals surface area contributed by atoms with E-state index >= 15 is 0 Å². The molecule has 0 saturated carbocycles. The minimum Gasteiger partial charge on any atom is -0.324 e. The van der Waals surface area contributed by atoms with Gasteiger partial charge in [0, 0.05) is 5.69 Å². The molecule has 1 amide bonds. The zero-order chi connectivity index (χ0) is 23.5. The van der Waals surface area contributed by atoms with E-state index in [2.05, 4.69) is 5.32 Å². The summed E-state index contributed by atoms with van der Waals surface area (Å²) in [5.41, 5.74) is 0.945. The number of nitrogens with zero attached hydrogens (tertiary/aromatic N) is 1. The van der Waals surface area contributed by atoms with Crippen LogP contribution in [0.15, 0.2) is 77.7 Å². The summed E-state index contributed by atoms with van der Waals surface area (Å²) in [4.78, 5) is 12.6. The van der Waals surface area contributed by atoms with Gasteiger partial charge in [-0.25, -0.2) is 8.42 Å². The summed E-state index contributed by atoms with van der Waals surface area (Å²) in [6.07, 6.45) is -4.67. The molecule has 3 aromatic carbocycles. The summed E-state index contributed by atoms with van der Waals surface area (Å²) < 4.78 is 66.9. The van der Waals surface area contributed by atoms with Crippen LogP contribution in [-0.4, -0.2) is 20.9 Å². The van der Waals surface area contributed by atoms with Gasteiger partial charge in [0.2, 0.25) is 5.91 Å². The second-order valence-electron chi connectivity index (χ2n) is 7.17. The molecule has 1 N–H and O–H groups in total. The average Bonchev–Trinajstić information content (AvgIpc) is 2.75. The largest absolute Gasteiger partial charge is 0.416 e. The van der Waals surface area contributed by atoms with Crippen molar-refractivity contribution in [1.29, 1.82) is 0 Å². The van der Waals surface area contributed by atoms with Gasteiger partial charge in [0.1, 0.15) is 6.54 Å². The van der Waals surface area contributed by atoms with Crippen LogP contribution in [0.2, 0.25) is 0 Å². The van der Waals surface area contributed by atoms with Crippen LogP contribution in [0.5, 0.6) is 0 Å². The topological polar surface area (TPSA) is 66.5 Å². The zero-order valence-electron chi connectivity index (χ0n) is 17.3. The van der Waals surface area contributed by atoms with Crippen molar-refractivity contribution in [1.82, 2.24) is 0 Å². The molecule has 0 aliphatic carbocycles. The lowest BCUT2D eigenvalue weighted by molar-refractivity contribution is -0.137. The van der Waals surface area contributed by atoms with Gasteiger partial charge in [0.05, 0.1) is 16.1 Å². The molecule has 9 heteroatoms. The van der Waals surface area contributed by atoms with E-state index in [0.29, 0.717) is 16.1 Å². The first-order chi connectivity index (χ1) is 15.0. The maximum Gasteiger partial charge on any atom is 0.416 e. The highest BCUT2D eigenvalue weighted by molar-refractivity contribution is 7.92. The summed E-state index contributed by atoms with van der Waals surface area (Å²) in [6, 6.07) is 16.4. The summed E-state index contributed by atoms with van der Waals surface area (Å²) >= 11 is 0. The van der Waals surface area contributed by atoms with Crippen LogP contribution in [0.4, 0.5) is 24.5 Å². The van der Waals surface area contributed by atoms with Gasteiger partial charge in [-0.05, 0) is 61.4 Å². The van der Waals surface area contributed by atoms with Gasteiger partial charge in [0.25, 0.3) is 10.0 Å². The van der Waals surface area contributed by atoms with Crippen LogP contribution in [0.1, 0.15) is 16.7 Å². The van der Waals surface area contributed by atoms with Crippen LogP contribution >= 0.6 is 0 Å². The molecular formula is C23H21F3N2O3S. The molecule has 32 heavy (non-hydrogen) atoms. The van der Waals surface area contributed by atoms with E-state index in [9.17, 15) is 26.4 Å². The lowest BCUT2D eigenvalue weighted by Crippen LogP contribution is -2.38. The Bertz CT molecular complexity index is 1230. The average molecular weight is 462 g/mol. The standard InChI is InChI=1S/C23H21F3N2O3S/c1-16-8-6-13-21(17(16)2)27-22(29)15-28(32(30,31)20-11-4-3-5-12-20)19-10-7-9-18(14-19)23(24,25)26/h3-14H,15H2,1-2H3,(H,27,29). The number of nitrogens with one attached hydrogen (secondary N) is 1. The Morgan fingerprint density at radius 3 is 2.25 bits per heavy atom. The first kappa shape index (κ1) is 23.3. The van der Waals surface area contributed by atoms with Crippen molar-refractivity contribution in [2.24, 2.45) is 0 Å². The van der Waals surface area contributed by atoms with Crippen LogP contribution in [0.25, 0.3) is 0 Å². The minimum atomic E-state index is -4.67. The Balaban J connectivity index is 2.01. The highest BCUT2D eigenvalue weighted by Gasteiger charge is 2.33. The molecule has 168 valence electrons. The molecule has 0 aliphatic heterocycles.